The van der Waals surface area contributed by atoms with E-state index in [1.54, 1.807) is 11.3 Å². The number of piperidine rings is 1. The number of carbonyl (C=O) groups excluding carboxylic acids is 1. The van der Waals surface area contributed by atoms with Crippen LogP contribution in [0, 0.1) is 6.92 Å². The van der Waals surface area contributed by atoms with Gasteiger partial charge in [-0.2, -0.15) is 0 Å². The molecule has 4 aromatic rings. The first-order chi connectivity index (χ1) is 14.7. The van der Waals surface area contributed by atoms with E-state index in [-0.39, 0.29) is 5.91 Å². The quantitative estimate of drug-likeness (QED) is 0.443. The van der Waals surface area contributed by atoms with E-state index in [4.69, 9.17) is 4.98 Å². The number of amides is 1. The van der Waals surface area contributed by atoms with Gasteiger partial charge in [0.25, 0.3) is 5.91 Å². The largest absolute Gasteiger partial charge is 0.338 e. The van der Waals surface area contributed by atoms with E-state index in [0.717, 1.165) is 48.6 Å². The number of aryl methyl sites for hydroxylation is 1. The molecule has 0 bridgehead atoms. The number of carbonyl (C=O) groups is 1. The van der Waals surface area contributed by atoms with Crippen LogP contribution < -0.4 is 0 Å². The molecule has 0 radical (unpaired) electrons. The Labute approximate surface area is 180 Å². The number of nitrogens with zero attached hydrogens (tertiary/aromatic N) is 3. The van der Waals surface area contributed by atoms with Crippen LogP contribution in [0.1, 0.15) is 44.8 Å². The zero-order valence-electron chi connectivity index (χ0n) is 17.1. The van der Waals surface area contributed by atoms with Crippen molar-refractivity contribution in [3.63, 3.8) is 0 Å². The van der Waals surface area contributed by atoms with Crippen molar-refractivity contribution in [3.05, 3.63) is 87.9 Å². The Bertz CT molecular complexity index is 1170. The van der Waals surface area contributed by atoms with Crippen LogP contribution in [0.4, 0.5) is 0 Å². The van der Waals surface area contributed by atoms with Gasteiger partial charge in [-0.25, -0.2) is 4.98 Å². The highest BCUT2D eigenvalue weighted by atomic mass is 32.1. The fourth-order valence-corrected chi connectivity index (χ4v) is 5.27. The van der Waals surface area contributed by atoms with Crippen LogP contribution >= 0.6 is 11.3 Å². The molecule has 0 atom stereocenters. The maximum Gasteiger partial charge on any atom is 0.263 e. The van der Waals surface area contributed by atoms with E-state index in [1.165, 1.54) is 16.0 Å². The molecule has 0 N–H and O–H groups in total. The SMILES string of the molecule is Cc1ccc(C(=O)N2CCC(n3c(Cc4ccccc4)nc4ccccc43)CC2)s1. The minimum atomic E-state index is 0.173. The van der Waals surface area contributed by atoms with Gasteiger partial charge in [-0.15, -0.1) is 11.3 Å². The molecule has 5 heteroatoms. The lowest BCUT2D eigenvalue weighted by Crippen LogP contribution is -2.39. The average molecular weight is 416 g/mol. The number of rotatable bonds is 4. The highest BCUT2D eigenvalue weighted by Gasteiger charge is 2.27. The standard InChI is InChI=1S/C25H25N3OS/c1-18-11-12-23(30-18)25(29)27-15-13-20(14-16-27)28-22-10-6-5-9-21(22)26-24(28)17-19-7-3-2-4-8-19/h2-12,20H,13-17H2,1H3. The Kier molecular flexibility index (Phi) is 5.13. The van der Waals surface area contributed by atoms with Crippen LogP contribution in [0.5, 0.6) is 0 Å². The normalized spacial score (nSPS) is 15.0. The fraction of sp³-hybridized carbons (Fsp3) is 0.280. The summed E-state index contributed by atoms with van der Waals surface area (Å²) in [4.78, 5) is 21.9. The molecule has 5 rings (SSSR count). The predicted octanol–water partition coefficient (Wildman–Crippen LogP) is 5.47. The van der Waals surface area contributed by atoms with Crippen LogP contribution in [-0.4, -0.2) is 33.4 Å². The second kappa shape index (κ2) is 8.07. The van der Waals surface area contributed by atoms with Crippen LogP contribution in [0.2, 0.25) is 0 Å². The van der Waals surface area contributed by atoms with E-state index in [0.29, 0.717) is 6.04 Å². The molecule has 2 aromatic heterocycles. The van der Waals surface area contributed by atoms with Crippen LogP contribution in [0.3, 0.4) is 0 Å². The third kappa shape index (κ3) is 3.65. The molecular formula is C25H25N3OS. The molecule has 1 saturated heterocycles. The van der Waals surface area contributed by atoms with Gasteiger partial charge in [-0.3, -0.25) is 4.79 Å². The number of hydrogen-bond donors (Lipinski definition) is 0. The molecular weight excluding hydrogens is 390 g/mol. The zero-order valence-corrected chi connectivity index (χ0v) is 17.9. The Balaban J connectivity index is 1.39. The van der Waals surface area contributed by atoms with Gasteiger partial charge in [-0.1, -0.05) is 42.5 Å². The number of hydrogen-bond acceptors (Lipinski definition) is 3. The molecule has 1 aliphatic heterocycles. The van der Waals surface area contributed by atoms with Crippen molar-refractivity contribution in [1.29, 1.82) is 0 Å². The summed E-state index contributed by atoms with van der Waals surface area (Å²) in [5.74, 6) is 1.28. The Morgan fingerprint density at radius 2 is 1.73 bits per heavy atom. The van der Waals surface area contributed by atoms with Gasteiger partial charge in [0.1, 0.15) is 5.82 Å². The van der Waals surface area contributed by atoms with E-state index < -0.39 is 0 Å². The summed E-state index contributed by atoms with van der Waals surface area (Å²) in [5, 5.41) is 0. The number of likely N-dealkylation sites (tertiary alicyclic amines) is 1. The summed E-state index contributed by atoms with van der Waals surface area (Å²) in [5.41, 5.74) is 3.52. The summed E-state index contributed by atoms with van der Waals surface area (Å²) in [6.07, 6.45) is 2.74. The van der Waals surface area contributed by atoms with Crippen molar-refractivity contribution in [1.82, 2.24) is 14.5 Å². The maximum atomic E-state index is 12.8. The van der Waals surface area contributed by atoms with Crippen LogP contribution in [0.25, 0.3) is 11.0 Å². The number of benzene rings is 2. The van der Waals surface area contributed by atoms with Crippen molar-refractivity contribution in [3.8, 4) is 0 Å². The molecule has 1 amide bonds. The number of aromatic nitrogens is 2. The molecule has 1 fully saturated rings. The number of para-hydroxylation sites is 2. The molecule has 30 heavy (non-hydrogen) atoms. The van der Waals surface area contributed by atoms with E-state index in [1.807, 2.05) is 30.0 Å². The summed E-state index contributed by atoms with van der Waals surface area (Å²) in [6.45, 7) is 3.63. The molecule has 0 spiro atoms. The molecule has 0 unspecified atom stereocenters. The molecule has 2 aromatic carbocycles. The number of imidazole rings is 1. The molecule has 4 nitrogen and oxygen atoms in total. The van der Waals surface area contributed by atoms with E-state index in [2.05, 4.69) is 53.1 Å². The smallest absolute Gasteiger partial charge is 0.263 e. The zero-order chi connectivity index (χ0) is 20.5. The first-order valence-electron chi connectivity index (χ1n) is 10.5. The molecule has 3 heterocycles. The van der Waals surface area contributed by atoms with Crippen molar-refractivity contribution >= 4 is 28.3 Å². The fourth-order valence-electron chi connectivity index (χ4n) is 4.44. The second-order valence-corrected chi connectivity index (χ2v) is 9.27. The Morgan fingerprint density at radius 3 is 2.47 bits per heavy atom. The Morgan fingerprint density at radius 1 is 1.00 bits per heavy atom. The van der Waals surface area contributed by atoms with Crippen LogP contribution in [0.15, 0.2) is 66.7 Å². The van der Waals surface area contributed by atoms with Crippen molar-refractivity contribution in [2.24, 2.45) is 0 Å². The molecule has 0 saturated carbocycles. The molecule has 1 aliphatic rings. The third-order valence-electron chi connectivity index (χ3n) is 5.94. The molecule has 152 valence electrons. The van der Waals surface area contributed by atoms with Crippen molar-refractivity contribution in [2.45, 2.75) is 32.2 Å². The monoisotopic (exact) mass is 415 g/mol. The topological polar surface area (TPSA) is 38.1 Å². The molecule has 0 aliphatic carbocycles. The summed E-state index contributed by atoms with van der Waals surface area (Å²) < 4.78 is 2.43. The highest BCUT2D eigenvalue weighted by Crippen LogP contribution is 2.31. The van der Waals surface area contributed by atoms with Gasteiger partial charge >= 0.3 is 0 Å². The van der Waals surface area contributed by atoms with Crippen molar-refractivity contribution in [2.75, 3.05) is 13.1 Å². The van der Waals surface area contributed by atoms with Crippen LogP contribution in [-0.2, 0) is 6.42 Å². The van der Waals surface area contributed by atoms with Gasteiger partial charge in [0.15, 0.2) is 0 Å². The Hall–Kier alpha value is -2.92. The minimum absolute atomic E-state index is 0.173. The van der Waals surface area contributed by atoms with Gasteiger partial charge in [0.05, 0.1) is 15.9 Å². The number of thiophene rings is 1. The second-order valence-electron chi connectivity index (χ2n) is 7.98. The van der Waals surface area contributed by atoms with E-state index in [9.17, 15) is 4.79 Å². The van der Waals surface area contributed by atoms with Gasteiger partial charge in [-0.05, 0) is 49.6 Å². The van der Waals surface area contributed by atoms with Gasteiger partial charge < -0.3 is 9.47 Å². The lowest BCUT2D eigenvalue weighted by molar-refractivity contribution is 0.0700. The number of fused-ring (bicyclic) bond motifs is 1. The predicted molar refractivity (Wildman–Crippen MR) is 122 cm³/mol. The first-order valence-corrected chi connectivity index (χ1v) is 11.4. The third-order valence-corrected chi connectivity index (χ3v) is 6.93. The first kappa shape index (κ1) is 19.1. The van der Waals surface area contributed by atoms with Gasteiger partial charge in [0.2, 0.25) is 0 Å². The average Bonchev–Trinajstić information content (AvgIpc) is 3.37. The summed E-state index contributed by atoms with van der Waals surface area (Å²) in [7, 11) is 0. The maximum absolute atomic E-state index is 12.8. The lowest BCUT2D eigenvalue weighted by Gasteiger charge is -2.33. The van der Waals surface area contributed by atoms with Gasteiger partial charge in [0, 0.05) is 30.4 Å². The lowest BCUT2D eigenvalue weighted by atomic mass is 10.0. The summed E-state index contributed by atoms with van der Waals surface area (Å²) >= 11 is 1.59. The van der Waals surface area contributed by atoms with Crippen molar-refractivity contribution < 1.29 is 4.79 Å². The minimum Gasteiger partial charge on any atom is -0.338 e. The highest BCUT2D eigenvalue weighted by molar-refractivity contribution is 7.13. The van der Waals surface area contributed by atoms with E-state index >= 15 is 0 Å². The summed E-state index contributed by atoms with van der Waals surface area (Å²) in [6, 6.07) is 23.3.